The molecule has 0 saturated heterocycles. The first-order chi connectivity index (χ1) is 8.84. The molecule has 4 nitrogen and oxygen atoms in total. The van der Waals surface area contributed by atoms with E-state index >= 15 is 0 Å². The van der Waals surface area contributed by atoms with Gasteiger partial charge in [-0.1, -0.05) is 47.2 Å². The van der Waals surface area contributed by atoms with Crippen LogP contribution in [-0.2, 0) is 0 Å². The van der Waals surface area contributed by atoms with Crippen molar-refractivity contribution in [1.82, 2.24) is 5.10 Å². The maximum absolute atomic E-state index is 11.7. The summed E-state index contributed by atoms with van der Waals surface area (Å²) in [6, 6.07) is 16.2. The van der Waals surface area contributed by atoms with Crippen LogP contribution in [0.25, 0.3) is 22.9 Å². The van der Waals surface area contributed by atoms with E-state index in [2.05, 4.69) is 10.2 Å². The third-order valence-electron chi connectivity index (χ3n) is 2.61. The molecule has 0 fully saturated rings. The van der Waals surface area contributed by atoms with Crippen molar-refractivity contribution >= 4 is 0 Å². The summed E-state index contributed by atoms with van der Waals surface area (Å²) in [6.07, 6.45) is 0. The number of benzene rings is 2. The van der Waals surface area contributed by atoms with Crippen LogP contribution < -0.4 is 29.1 Å². The van der Waals surface area contributed by atoms with E-state index in [9.17, 15) is 5.11 Å². The van der Waals surface area contributed by atoms with Crippen molar-refractivity contribution in [3.8, 4) is 28.7 Å². The van der Waals surface area contributed by atoms with Crippen LogP contribution in [0.2, 0.25) is 0 Å². The summed E-state index contributed by atoms with van der Waals surface area (Å²) < 4.78 is 5.57. The molecule has 88 valence electrons. The van der Waals surface area contributed by atoms with Gasteiger partial charge in [0.1, 0.15) is 0 Å². The minimum atomic E-state index is -0.0930. The van der Waals surface area contributed by atoms with Crippen molar-refractivity contribution < 1.29 is 33.5 Å². The molecule has 1 heterocycles. The third-order valence-corrected chi connectivity index (χ3v) is 2.61. The normalized spacial score (nSPS) is 9.89. The number of nitrogens with zero attached hydrogens (tertiary/aromatic N) is 1. The Morgan fingerprint density at radius 3 is 2.37 bits per heavy atom. The van der Waals surface area contributed by atoms with E-state index in [0.717, 1.165) is 5.56 Å². The fourth-order valence-corrected chi connectivity index (χ4v) is 1.72. The maximum atomic E-state index is 11.7. The van der Waals surface area contributed by atoms with Crippen molar-refractivity contribution in [2.24, 2.45) is 0 Å². The van der Waals surface area contributed by atoms with Crippen LogP contribution in [0.5, 0.6) is 5.75 Å². The molecule has 0 unspecified atom stereocenters. The standard InChI is InChI=1S/C14H10N2O2.Li/c17-12-9-5-4-8-11(12)14-16-15-13(18-14)10-6-2-1-3-7-10;/h1-9,17H;/q;+1. The molecule has 1 N–H and O–H groups in total. The summed E-state index contributed by atoms with van der Waals surface area (Å²) >= 11 is 0. The second-order valence-corrected chi connectivity index (χ2v) is 3.82. The zero-order valence-electron chi connectivity index (χ0n) is 10.5. The van der Waals surface area contributed by atoms with Gasteiger partial charge in [0.2, 0.25) is 0 Å². The Morgan fingerprint density at radius 2 is 1.63 bits per heavy atom. The van der Waals surface area contributed by atoms with Crippen LogP contribution in [0, 0.1) is 0 Å². The minimum Gasteiger partial charge on any atom is -0.872 e. The van der Waals surface area contributed by atoms with Gasteiger partial charge in [0.05, 0.1) is 5.56 Å². The van der Waals surface area contributed by atoms with Gasteiger partial charge in [0.25, 0.3) is 5.89 Å². The third kappa shape index (κ3) is 2.70. The Balaban J connectivity index is 0.00000133. The summed E-state index contributed by atoms with van der Waals surface area (Å²) in [7, 11) is 0. The van der Waals surface area contributed by atoms with Crippen molar-refractivity contribution in [2.45, 2.75) is 0 Å². The first kappa shape index (κ1) is 13.4. The average molecular weight is 245 g/mol. The first-order valence-corrected chi connectivity index (χ1v) is 5.55. The monoisotopic (exact) mass is 245 g/mol. The number of nitrogens with one attached hydrogen (secondary N) is 1. The first-order valence-electron chi connectivity index (χ1n) is 5.55. The SMILES string of the molecule is [Li+].[O-]c1ccccc1-c1[nH+]nc(-c2ccccc2)o1. The number of aromatic nitrogens is 2. The van der Waals surface area contributed by atoms with Gasteiger partial charge in [-0.25, -0.2) is 0 Å². The molecular weight excluding hydrogens is 235 g/mol. The van der Waals surface area contributed by atoms with E-state index in [1.165, 1.54) is 6.07 Å². The van der Waals surface area contributed by atoms with E-state index in [-0.39, 0.29) is 24.6 Å². The molecule has 0 aliphatic carbocycles. The Bertz CT molecular complexity index is 668. The summed E-state index contributed by atoms with van der Waals surface area (Å²) in [5.74, 6) is 0.748. The van der Waals surface area contributed by atoms with Crippen molar-refractivity contribution in [3.05, 3.63) is 54.6 Å². The van der Waals surface area contributed by atoms with Crippen molar-refractivity contribution in [2.75, 3.05) is 0 Å². The molecule has 0 bridgehead atoms. The molecule has 0 spiro atoms. The second kappa shape index (κ2) is 5.74. The summed E-state index contributed by atoms with van der Waals surface area (Å²) in [5.41, 5.74) is 1.34. The Hall–Kier alpha value is -2.02. The zero-order valence-corrected chi connectivity index (χ0v) is 10.5. The predicted molar refractivity (Wildman–Crippen MR) is 63.4 cm³/mol. The Morgan fingerprint density at radius 1 is 0.947 bits per heavy atom. The maximum Gasteiger partial charge on any atom is 1.00 e. The summed E-state index contributed by atoms with van der Waals surface area (Å²) in [6.45, 7) is 0. The number of rotatable bonds is 2. The summed E-state index contributed by atoms with van der Waals surface area (Å²) in [5, 5.41) is 18.5. The van der Waals surface area contributed by atoms with Crippen LogP contribution >= 0.6 is 0 Å². The predicted octanol–water partition coefficient (Wildman–Crippen LogP) is -1.10. The van der Waals surface area contributed by atoms with Gasteiger partial charge in [-0.3, -0.25) is 0 Å². The van der Waals surface area contributed by atoms with Gasteiger partial charge in [-0.2, -0.15) is 0 Å². The van der Waals surface area contributed by atoms with Crippen molar-refractivity contribution in [3.63, 3.8) is 0 Å². The van der Waals surface area contributed by atoms with Crippen LogP contribution in [0.3, 0.4) is 0 Å². The molecule has 19 heavy (non-hydrogen) atoms. The number of aromatic amines is 1. The molecule has 0 aliphatic rings. The molecule has 3 aromatic rings. The Kier molecular flexibility index (Phi) is 4.05. The van der Waals surface area contributed by atoms with Crippen molar-refractivity contribution in [1.29, 1.82) is 0 Å². The molecule has 0 amide bonds. The molecule has 0 atom stereocenters. The quantitative estimate of drug-likeness (QED) is 0.538. The molecule has 3 rings (SSSR count). The average Bonchev–Trinajstić information content (AvgIpc) is 2.90. The van der Waals surface area contributed by atoms with E-state index < -0.39 is 0 Å². The van der Waals surface area contributed by atoms with E-state index in [1.807, 2.05) is 30.3 Å². The fraction of sp³-hybridized carbons (Fsp3) is 0. The topological polar surface area (TPSA) is 63.2 Å². The number of para-hydroxylation sites is 1. The number of hydrogen-bond acceptors (Lipinski definition) is 3. The van der Waals surface area contributed by atoms with Gasteiger partial charge < -0.3 is 9.52 Å². The minimum absolute atomic E-state index is 0. The van der Waals surface area contributed by atoms with E-state index in [0.29, 0.717) is 17.3 Å². The van der Waals surface area contributed by atoms with E-state index in [1.54, 1.807) is 18.2 Å². The summed E-state index contributed by atoms with van der Waals surface area (Å²) in [4.78, 5) is 0. The molecule has 0 aliphatic heterocycles. The smallest absolute Gasteiger partial charge is 0.872 e. The van der Waals surface area contributed by atoms with Crippen LogP contribution in [-0.4, -0.2) is 5.10 Å². The van der Waals surface area contributed by atoms with Crippen LogP contribution in [0.15, 0.2) is 59.0 Å². The molecule has 5 heteroatoms. The van der Waals surface area contributed by atoms with Gasteiger partial charge in [0, 0.05) is 10.7 Å². The largest absolute Gasteiger partial charge is 1.00 e. The van der Waals surface area contributed by atoms with Gasteiger partial charge >= 0.3 is 24.8 Å². The van der Waals surface area contributed by atoms with Crippen LogP contribution in [0.4, 0.5) is 0 Å². The Labute approximate surface area is 122 Å². The van der Waals surface area contributed by atoms with Gasteiger partial charge in [0.15, 0.2) is 0 Å². The zero-order chi connectivity index (χ0) is 12.4. The molecule has 0 radical (unpaired) electrons. The van der Waals surface area contributed by atoms with E-state index in [4.69, 9.17) is 4.42 Å². The van der Waals surface area contributed by atoms with Gasteiger partial charge in [-0.05, 0) is 18.2 Å². The fourth-order valence-electron chi connectivity index (χ4n) is 1.72. The molecule has 1 aromatic heterocycles. The number of hydrogen-bond donors (Lipinski definition) is 0. The molecular formula is C14H10LiN2O2+. The molecule has 0 saturated carbocycles. The number of H-pyrrole nitrogens is 1. The second-order valence-electron chi connectivity index (χ2n) is 3.82. The van der Waals surface area contributed by atoms with Gasteiger partial charge in [-0.15, -0.1) is 0 Å². The van der Waals surface area contributed by atoms with Crippen LogP contribution in [0.1, 0.15) is 0 Å². The molecule has 2 aromatic carbocycles.